The molecule has 0 saturated carbocycles. The zero-order valence-corrected chi connectivity index (χ0v) is 13.8. The molecule has 0 amide bonds. The van der Waals surface area contributed by atoms with Crippen LogP contribution in [-0.4, -0.2) is 38.1 Å². The molecule has 0 aromatic heterocycles. The van der Waals surface area contributed by atoms with E-state index in [0.717, 1.165) is 5.56 Å². The van der Waals surface area contributed by atoms with Gasteiger partial charge in [-0.1, -0.05) is 17.7 Å². The summed E-state index contributed by atoms with van der Waals surface area (Å²) in [7, 11) is 0. The van der Waals surface area contributed by atoms with Gasteiger partial charge in [-0.15, -0.1) is 0 Å². The number of aromatic hydroxyl groups is 4. The quantitative estimate of drug-likeness (QED) is 0.445. The normalized spacial score (nSPS) is 13.6. The maximum absolute atomic E-state index is 10.2. The maximum Gasteiger partial charge on any atom is 0.176 e. The molecule has 0 bridgehead atoms. The van der Waals surface area contributed by atoms with Crippen LogP contribution in [-0.2, 0) is 6.42 Å². The molecule has 0 aliphatic rings. The monoisotopic (exact) mass is 353 g/mol. The number of nitrogens with one attached hydrogen (secondary N) is 1. The van der Waals surface area contributed by atoms with Gasteiger partial charge in [-0.3, -0.25) is 0 Å². The van der Waals surface area contributed by atoms with E-state index >= 15 is 0 Å². The van der Waals surface area contributed by atoms with Crippen molar-refractivity contribution >= 4 is 11.6 Å². The number of rotatable bonds is 6. The van der Waals surface area contributed by atoms with Crippen molar-refractivity contribution in [1.29, 1.82) is 0 Å². The summed E-state index contributed by atoms with van der Waals surface area (Å²) in [6.07, 6.45) is -0.327. The highest BCUT2D eigenvalue weighted by Crippen LogP contribution is 2.35. The molecule has 0 heterocycles. The van der Waals surface area contributed by atoms with Crippen LogP contribution >= 0.6 is 11.6 Å². The minimum absolute atomic E-state index is 0.00947. The number of phenolic OH excluding ortho intramolecular Hbond substituents is 4. The third-order valence-corrected chi connectivity index (χ3v) is 3.98. The maximum atomic E-state index is 10.2. The number of halogens is 1. The topological polar surface area (TPSA) is 113 Å². The van der Waals surface area contributed by atoms with Crippen molar-refractivity contribution in [3.8, 4) is 23.0 Å². The van der Waals surface area contributed by atoms with E-state index in [1.54, 1.807) is 6.07 Å². The van der Waals surface area contributed by atoms with Crippen LogP contribution in [0.5, 0.6) is 23.0 Å². The molecule has 0 aliphatic carbocycles. The SMILES string of the molecule is CC(Cc1ccc(O)c(O)c1)NCC(O)c1cc(O)c(O)c(Cl)c1. The molecule has 2 atom stereocenters. The summed E-state index contributed by atoms with van der Waals surface area (Å²) in [4.78, 5) is 0. The van der Waals surface area contributed by atoms with Gasteiger partial charge in [0.05, 0.1) is 11.1 Å². The standard InChI is InChI=1S/C17H20ClNO5/c1-9(4-10-2-3-13(20)14(21)5-10)19-8-16(23)11-6-12(18)17(24)15(22)7-11/h2-3,5-7,9,16,19-24H,4,8H2,1H3. The molecule has 24 heavy (non-hydrogen) atoms. The Bertz CT molecular complexity index is 699. The van der Waals surface area contributed by atoms with Gasteiger partial charge in [-0.25, -0.2) is 0 Å². The molecule has 130 valence electrons. The van der Waals surface area contributed by atoms with Gasteiger partial charge in [0.25, 0.3) is 0 Å². The summed E-state index contributed by atoms with van der Waals surface area (Å²) < 4.78 is 0. The van der Waals surface area contributed by atoms with E-state index in [0.29, 0.717) is 12.0 Å². The molecular weight excluding hydrogens is 334 g/mol. The Kier molecular flexibility index (Phi) is 5.77. The smallest absolute Gasteiger partial charge is 0.176 e. The Balaban J connectivity index is 1.93. The first-order valence-electron chi connectivity index (χ1n) is 7.41. The molecule has 0 radical (unpaired) electrons. The van der Waals surface area contributed by atoms with Crippen LogP contribution in [0.1, 0.15) is 24.2 Å². The van der Waals surface area contributed by atoms with Crippen LogP contribution < -0.4 is 5.32 Å². The fourth-order valence-electron chi connectivity index (χ4n) is 2.35. The highest BCUT2D eigenvalue weighted by molar-refractivity contribution is 6.32. The van der Waals surface area contributed by atoms with Crippen molar-refractivity contribution < 1.29 is 25.5 Å². The largest absolute Gasteiger partial charge is 0.504 e. The van der Waals surface area contributed by atoms with Gasteiger partial charge < -0.3 is 30.8 Å². The van der Waals surface area contributed by atoms with Crippen LogP contribution in [0.25, 0.3) is 0 Å². The van der Waals surface area contributed by atoms with Crippen LogP contribution in [0.2, 0.25) is 5.02 Å². The zero-order valence-electron chi connectivity index (χ0n) is 13.1. The minimum atomic E-state index is -0.912. The van der Waals surface area contributed by atoms with Crippen molar-refractivity contribution in [3.05, 3.63) is 46.5 Å². The molecule has 2 unspecified atom stereocenters. The van der Waals surface area contributed by atoms with Gasteiger partial charge in [-0.2, -0.15) is 0 Å². The second kappa shape index (κ2) is 7.61. The summed E-state index contributed by atoms with van der Waals surface area (Å²) in [5.41, 5.74) is 1.22. The van der Waals surface area contributed by atoms with E-state index in [1.165, 1.54) is 24.3 Å². The van der Waals surface area contributed by atoms with Crippen molar-refractivity contribution in [3.63, 3.8) is 0 Å². The molecule has 2 aromatic rings. The number of benzene rings is 2. The fourth-order valence-corrected chi connectivity index (χ4v) is 2.57. The number of aliphatic hydroxyl groups excluding tert-OH is 1. The van der Waals surface area contributed by atoms with Crippen LogP contribution in [0.15, 0.2) is 30.3 Å². The molecule has 7 heteroatoms. The molecule has 0 spiro atoms. The highest BCUT2D eigenvalue weighted by atomic mass is 35.5. The van der Waals surface area contributed by atoms with Crippen LogP contribution in [0.4, 0.5) is 0 Å². The van der Waals surface area contributed by atoms with Crippen LogP contribution in [0.3, 0.4) is 0 Å². The lowest BCUT2D eigenvalue weighted by molar-refractivity contribution is 0.170. The van der Waals surface area contributed by atoms with Crippen molar-refractivity contribution in [2.75, 3.05) is 6.54 Å². The molecular formula is C17H20ClNO5. The number of hydrogen-bond acceptors (Lipinski definition) is 6. The summed E-state index contributed by atoms with van der Waals surface area (Å²) in [6, 6.07) is 7.27. The van der Waals surface area contributed by atoms with Gasteiger partial charge >= 0.3 is 0 Å². The zero-order chi connectivity index (χ0) is 17.9. The number of hydrogen-bond donors (Lipinski definition) is 6. The Morgan fingerprint density at radius 3 is 2.33 bits per heavy atom. The molecule has 0 fully saturated rings. The highest BCUT2D eigenvalue weighted by Gasteiger charge is 2.15. The lowest BCUT2D eigenvalue weighted by Gasteiger charge is -2.18. The van der Waals surface area contributed by atoms with E-state index in [2.05, 4.69) is 5.32 Å². The van der Waals surface area contributed by atoms with Gasteiger partial charge in [0, 0.05) is 12.6 Å². The Morgan fingerprint density at radius 1 is 1.00 bits per heavy atom. The van der Waals surface area contributed by atoms with Crippen LogP contribution in [0, 0.1) is 0 Å². The third kappa shape index (κ3) is 4.44. The van der Waals surface area contributed by atoms with E-state index < -0.39 is 11.9 Å². The van der Waals surface area contributed by atoms with Gasteiger partial charge in [-0.05, 0) is 48.7 Å². The molecule has 6 N–H and O–H groups in total. The third-order valence-electron chi connectivity index (χ3n) is 3.69. The second-order valence-corrected chi connectivity index (χ2v) is 6.13. The molecule has 2 aromatic carbocycles. The molecule has 2 rings (SSSR count). The summed E-state index contributed by atoms with van der Waals surface area (Å²) in [5, 5.41) is 51.0. The van der Waals surface area contributed by atoms with Gasteiger partial charge in [0.1, 0.15) is 0 Å². The predicted octanol–water partition coefficient (Wildman–Crippen LogP) is 2.42. The molecule has 0 saturated heterocycles. The van der Waals surface area contributed by atoms with E-state index in [4.69, 9.17) is 11.6 Å². The Labute approximate surface area is 144 Å². The van der Waals surface area contributed by atoms with Gasteiger partial charge in [0.2, 0.25) is 0 Å². The predicted molar refractivity (Wildman–Crippen MR) is 90.7 cm³/mol. The van der Waals surface area contributed by atoms with Crippen molar-refractivity contribution in [2.45, 2.75) is 25.5 Å². The average Bonchev–Trinajstić information content (AvgIpc) is 2.53. The average molecular weight is 354 g/mol. The van der Waals surface area contributed by atoms with Crippen molar-refractivity contribution in [1.82, 2.24) is 5.32 Å². The second-order valence-electron chi connectivity index (χ2n) is 5.72. The Morgan fingerprint density at radius 2 is 1.71 bits per heavy atom. The summed E-state index contributed by atoms with van der Waals surface area (Å²) >= 11 is 5.78. The van der Waals surface area contributed by atoms with E-state index in [1.807, 2.05) is 6.92 Å². The summed E-state index contributed by atoms with van der Waals surface area (Å²) in [5.74, 6) is -1.14. The fraction of sp³-hybridized carbons (Fsp3) is 0.294. The first kappa shape index (κ1) is 18.2. The number of phenols is 4. The Hall–Kier alpha value is -2.15. The lowest BCUT2D eigenvalue weighted by Crippen LogP contribution is -2.32. The first-order chi connectivity index (χ1) is 11.3. The van der Waals surface area contributed by atoms with Crippen molar-refractivity contribution in [2.24, 2.45) is 0 Å². The lowest BCUT2D eigenvalue weighted by atomic mass is 10.1. The number of aliphatic hydroxyl groups is 1. The van der Waals surface area contributed by atoms with Gasteiger partial charge in [0.15, 0.2) is 23.0 Å². The first-order valence-corrected chi connectivity index (χ1v) is 7.79. The summed E-state index contributed by atoms with van der Waals surface area (Å²) in [6.45, 7) is 2.13. The molecule has 6 nitrogen and oxygen atoms in total. The minimum Gasteiger partial charge on any atom is -0.504 e. The van der Waals surface area contributed by atoms with E-state index in [9.17, 15) is 25.5 Å². The van der Waals surface area contributed by atoms with E-state index in [-0.39, 0.29) is 34.9 Å². The molecule has 0 aliphatic heterocycles.